The number of nitrogens with zero attached hydrogens (tertiary/aromatic N) is 2. The van der Waals surface area contributed by atoms with Crippen molar-refractivity contribution < 1.29 is 0 Å². The number of nitrogens with one attached hydrogen (secondary N) is 1. The predicted molar refractivity (Wildman–Crippen MR) is 71.6 cm³/mol. The molecule has 1 heterocycles. The summed E-state index contributed by atoms with van der Waals surface area (Å²) in [6.07, 6.45) is 7.86. The van der Waals surface area contributed by atoms with Crippen molar-refractivity contribution >= 4 is 5.69 Å². The molecule has 0 radical (unpaired) electrons. The Balaban J connectivity index is 2.28. The fraction of sp³-hybridized carbons (Fsp3) is 0.357. The zero-order valence-electron chi connectivity index (χ0n) is 10.4. The SMILES string of the molecule is CCC(CC)Nc1ccccc1-n1ccnc1. The first-order chi connectivity index (χ1) is 8.35. The summed E-state index contributed by atoms with van der Waals surface area (Å²) < 4.78 is 2.03. The van der Waals surface area contributed by atoms with Crippen molar-refractivity contribution in [1.82, 2.24) is 9.55 Å². The molecule has 3 nitrogen and oxygen atoms in total. The van der Waals surface area contributed by atoms with E-state index in [0.717, 1.165) is 18.5 Å². The smallest absolute Gasteiger partial charge is 0.0992 e. The molecular weight excluding hydrogens is 210 g/mol. The van der Waals surface area contributed by atoms with Gasteiger partial charge >= 0.3 is 0 Å². The lowest BCUT2D eigenvalue weighted by atomic mass is 10.1. The maximum atomic E-state index is 4.09. The number of hydrogen-bond donors (Lipinski definition) is 1. The van der Waals surface area contributed by atoms with E-state index in [-0.39, 0.29) is 0 Å². The first-order valence-corrected chi connectivity index (χ1v) is 6.19. The fourth-order valence-corrected chi connectivity index (χ4v) is 1.94. The minimum absolute atomic E-state index is 0.527. The minimum atomic E-state index is 0.527. The molecule has 0 saturated heterocycles. The zero-order valence-corrected chi connectivity index (χ0v) is 10.4. The molecule has 0 fully saturated rings. The van der Waals surface area contributed by atoms with Gasteiger partial charge in [-0.05, 0) is 25.0 Å². The van der Waals surface area contributed by atoms with Crippen LogP contribution in [0.15, 0.2) is 43.0 Å². The Bertz CT molecular complexity index is 444. The number of hydrogen-bond acceptors (Lipinski definition) is 2. The van der Waals surface area contributed by atoms with E-state index in [1.54, 1.807) is 6.20 Å². The normalized spacial score (nSPS) is 10.8. The minimum Gasteiger partial charge on any atom is -0.381 e. The molecule has 1 aromatic heterocycles. The molecule has 0 saturated carbocycles. The Morgan fingerprint density at radius 3 is 2.65 bits per heavy atom. The molecule has 2 rings (SSSR count). The zero-order chi connectivity index (χ0) is 12.1. The van der Waals surface area contributed by atoms with Gasteiger partial charge in [0.1, 0.15) is 0 Å². The molecule has 0 spiro atoms. The third kappa shape index (κ3) is 2.67. The molecule has 1 N–H and O–H groups in total. The van der Waals surface area contributed by atoms with E-state index in [9.17, 15) is 0 Å². The number of para-hydroxylation sites is 2. The Morgan fingerprint density at radius 1 is 1.24 bits per heavy atom. The average molecular weight is 229 g/mol. The lowest BCUT2D eigenvalue weighted by Gasteiger charge is -2.19. The highest BCUT2D eigenvalue weighted by molar-refractivity contribution is 5.61. The molecule has 0 aliphatic carbocycles. The van der Waals surface area contributed by atoms with Crippen LogP contribution in [0.2, 0.25) is 0 Å². The molecule has 3 heteroatoms. The van der Waals surface area contributed by atoms with E-state index < -0.39 is 0 Å². The molecule has 1 aromatic carbocycles. The van der Waals surface area contributed by atoms with E-state index >= 15 is 0 Å². The number of anilines is 1. The topological polar surface area (TPSA) is 29.9 Å². The second-order valence-electron chi connectivity index (χ2n) is 4.14. The maximum absolute atomic E-state index is 4.09. The highest BCUT2D eigenvalue weighted by Gasteiger charge is 2.07. The highest BCUT2D eigenvalue weighted by Crippen LogP contribution is 2.21. The van der Waals surface area contributed by atoms with Crippen LogP contribution in [0.4, 0.5) is 5.69 Å². The third-order valence-electron chi connectivity index (χ3n) is 3.03. The van der Waals surface area contributed by atoms with Crippen LogP contribution >= 0.6 is 0 Å². The van der Waals surface area contributed by atoms with Crippen LogP contribution in [0.5, 0.6) is 0 Å². The molecule has 0 atom stereocenters. The van der Waals surface area contributed by atoms with Crippen LogP contribution in [0, 0.1) is 0 Å². The van der Waals surface area contributed by atoms with Crippen molar-refractivity contribution in [3.8, 4) is 5.69 Å². The second kappa shape index (κ2) is 5.53. The molecule has 17 heavy (non-hydrogen) atoms. The van der Waals surface area contributed by atoms with Crippen molar-refractivity contribution in [2.24, 2.45) is 0 Å². The summed E-state index contributed by atoms with van der Waals surface area (Å²) in [5, 5.41) is 3.59. The molecule has 90 valence electrons. The summed E-state index contributed by atoms with van der Waals surface area (Å²) in [6, 6.07) is 8.86. The van der Waals surface area contributed by atoms with Gasteiger partial charge in [0.2, 0.25) is 0 Å². The van der Waals surface area contributed by atoms with Gasteiger partial charge in [-0.15, -0.1) is 0 Å². The Labute approximate surface area is 103 Å². The first kappa shape index (κ1) is 11.7. The van der Waals surface area contributed by atoms with Gasteiger partial charge in [0, 0.05) is 18.4 Å². The predicted octanol–water partition coefficient (Wildman–Crippen LogP) is 3.47. The summed E-state index contributed by atoms with van der Waals surface area (Å²) in [5.74, 6) is 0. The largest absolute Gasteiger partial charge is 0.381 e. The highest BCUT2D eigenvalue weighted by atomic mass is 15.1. The molecule has 0 aliphatic rings. The molecule has 2 aromatic rings. The maximum Gasteiger partial charge on any atom is 0.0992 e. The number of benzene rings is 1. The standard InChI is InChI=1S/C14H19N3/c1-3-12(4-2)16-13-7-5-6-8-14(13)17-10-9-15-11-17/h5-12,16H,3-4H2,1-2H3. The van der Waals surface area contributed by atoms with Crippen LogP contribution in [0.1, 0.15) is 26.7 Å². The van der Waals surface area contributed by atoms with Gasteiger partial charge in [-0.1, -0.05) is 26.0 Å². The summed E-state index contributed by atoms with van der Waals surface area (Å²) in [6.45, 7) is 4.42. The number of aromatic nitrogens is 2. The van der Waals surface area contributed by atoms with Crippen LogP contribution < -0.4 is 5.32 Å². The number of imidazole rings is 1. The van der Waals surface area contributed by atoms with Crippen LogP contribution in [0.3, 0.4) is 0 Å². The quantitative estimate of drug-likeness (QED) is 0.850. The van der Waals surface area contributed by atoms with Crippen molar-refractivity contribution in [2.45, 2.75) is 32.7 Å². The Hall–Kier alpha value is -1.77. The fourth-order valence-electron chi connectivity index (χ4n) is 1.94. The van der Waals surface area contributed by atoms with Gasteiger partial charge in [0.05, 0.1) is 17.7 Å². The van der Waals surface area contributed by atoms with Crippen LogP contribution in [0.25, 0.3) is 5.69 Å². The Morgan fingerprint density at radius 2 is 2.00 bits per heavy atom. The molecule has 0 aliphatic heterocycles. The van der Waals surface area contributed by atoms with E-state index in [0.29, 0.717) is 6.04 Å². The molecule has 0 amide bonds. The van der Waals surface area contributed by atoms with Gasteiger partial charge in [-0.3, -0.25) is 0 Å². The van der Waals surface area contributed by atoms with E-state index in [4.69, 9.17) is 0 Å². The lowest BCUT2D eigenvalue weighted by Crippen LogP contribution is -2.18. The monoisotopic (exact) mass is 229 g/mol. The molecular formula is C14H19N3. The van der Waals surface area contributed by atoms with Crippen molar-refractivity contribution in [3.05, 3.63) is 43.0 Å². The van der Waals surface area contributed by atoms with Crippen molar-refractivity contribution in [1.29, 1.82) is 0 Å². The summed E-state index contributed by atoms with van der Waals surface area (Å²) in [4.78, 5) is 4.09. The van der Waals surface area contributed by atoms with Gasteiger partial charge in [-0.25, -0.2) is 4.98 Å². The summed E-state index contributed by atoms with van der Waals surface area (Å²) in [5.41, 5.74) is 2.32. The van der Waals surface area contributed by atoms with E-state index in [1.807, 2.05) is 23.2 Å². The number of rotatable bonds is 5. The lowest BCUT2D eigenvalue weighted by molar-refractivity contribution is 0.671. The van der Waals surface area contributed by atoms with Gasteiger partial charge in [-0.2, -0.15) is 0 Å². The summed E-state index contributed by atoms with van der Waals surface area (Å²) >= 11 is 0. The van der Waals surface area contributed by atoms with Gasteiger partial charge in [0.15, 0.2) is 0 Å². The van der Waals surface area contributed by atoms with Gasteiger partial charge in [0.25, 0.3) is 0 Å². The molecule has 0 unspecified atom stereocenters. The average Bonchev–Trinajstić information content (AvgIpc) is 2.90. The van der Waals surface area contributed by atoms with E-state index in [1.165, 1.54) is 5.69 Å². The third-order valence-corrected chi connectivity index (χ3v) is 3.03. The summed E-state index contributed by atoms with van der Waals surface area (Å²) in [7, 11) is 0. The van der Waals surface area contributed by atoms with E-state index in [2.05, 4.69) is 42.3 Å². The Kier molecular flexibility index (Phi) is 3.81. The van der Waals surface area contributed by atoms with Crippen LogP contribution in [-0.4, -0.2) is 15.6 Å². The first-order valence-electron chi connectivity index (χ1n) is 6.19. The van der Waals surface area contributed by atoms with Crippen LogP contribution in [-0.2, 0) is 0 Å². The second-order valence-corrected chi connectivity index (χ2v) is 4.14. The van der Waals surface area contributed by atoms with Crippen molar-refractivity contribution in [2.75, 3.05) is 5.32 Å². The van der Waals surface area contributed by atoms with Crippen molar-refractivity contribution in [3.63, 3.8) is 0 Å². The molecule has 0 bridgehead atoms. The van der Waals surface area contributed by atoms with Gasteiger partial charge < -0.3 is 9.88 Å².